The summed E-state index contributed by atoms with van der Waals surface area (Å²) in [7, 11) is 0. The number of primary amides is 1. The highest BCUT2D eigenvalue weighted by Gasteiger charge is 2.14. The van der Waals surface area contributed by atoms with Crippen LogP contribution in [0.5, 0.6) is 0 Å². The Hall–Kier alpha value is -1.92. The zero-order valence-corrected chi connectivity index (χ0v) is 12.1. The number of rotatable bonds is 5. The summed E-state index contributed by atoms with van der Waals surface area (Å²) in [5.41, 5.74) is 6.63. The Morgan fingerprint density at radius 3 is 2.86 bits per heavy atom. The number of nitrogens with two attached hydrogens (primary N) is 1. The van der Waals surface area contributed by atoms with Crippen LogP contribution in [0.15, 0.2) is 24.3 Å². The first-order valence-electron chi connectivity index (χ1n) is 7.24. The first-order chi connectivity index (χ1) is 10.1. The summed E-state index contributed by atoms with van der Waals surface area (Å²) < 4.78 is 0. The van der Waals surface area contributed by atoms with E-state index in [0.29, 0.717) is 12.2 Å². The van der Waals surface area contributed by atoms with Gasteiger partial charge in [0.25, 0.3) is 0 Å². The zero-order chi connectivity index (χ0) is 15.1. The second-order valence-corrected chi connectivity index (χ2v) is 5.23. The molecule has 1 fully saturated rings. The third kappa shape index (κ3) is 5.17. The van der Waals surface area contributed by atoms with E-state index in [2.05, 4.69) is 15.5 Å². The van der Waals surface area contributed by atoms with Gasteiger partial charge < -0.3 is 16.4 Å². The molecule has 6 heteroatoms. The smallest absolute Gasteiger partial charge is 0.238 e. The predicted molar refractivity (Wildman–Crippen MR) is 81.9 cm³/mol. The van der Waals surface area contributed by atoms with E-state index in [1.807, 2.05) is 12.1 Å². The molecule has 1 saturated heterocycles. The molecule has 1 heterocycles. The van der Waals surface area contributed by atoms with Crippen LogP contribution in [0.1, 0.15) is 12.0 Å². The number of benzene rings is 1. The Labute approximate surface area is 124 Å². The summed E-state index contributed by atoms with van der Waals surface area (Å²) in [6.45, 7) is 4.07. The lowest BCUT2D eigenvalue weighted by Crippen LogP contribution is -2.35. The van der Waals surface area contributed by atoms with Gasteiger partial charge in [-0.25, -0.2) is 0 Å². The SMILES string of the molecule is NC(=O)Cc1ccccc1NC(=O)CN1CCCNCC1. The highest BCUT2D eigenvalue weighted by atomic mass is 16.2. The molecule has 0 radical (unpaired) electrons. The normalized spacial score (nSPS) is 16.2. The molecule has 1 aromatic rings. The highest BCUT2D eigenvalue weighted by Crippen LogP contribution is 2.15. The fraction of sp³-hybridized carbons (Fsp3) is 0.467. The molecule has 0 unspecified atom stereocenters. The van der Waals surface area contributed by atoms with E-state index >= 15 is 0 Å². The van der Waals surface area contributed by atoms with Crippen molar-refractivity contribution in [2.75, 3.05) is 38.0 Å². The second-order valence-electron chi connectivity index (χ2n) is 5.23. The van der Waals surface area contributed by atoms with Crippen molar-refractivity contribution in [1.82, 2.24) is 10.2 Å². The van der Waals surface area contributed by atoms with Crippen molar-refractivity contribution in [3.8, 4) is 0 Å². The van der Waals surface area contributed by atoms with E-state index in [9.17, 15) is 9.59 Å². The molecule has 0 aliphatic carbocycles. The maximum absolute atomic E-state index is 12.1. The highest BCUT2D eigenvalue weighted by molar-refractivity contribution is 5.93. The van der Waals surface area contributed by atoms with Crippen LogP contribution in [0.4, 0.5) is 5.69 Å². The monoisotopic (exact) mass is 290 g/mol. The van der Waals surface area contributed by atoms with Gasteiger partial charge in [0.1, 0.15) is 0 Å². The number of nitrogens with one attached hydrogen (secondary N) is 2. The average molecular weight is 290 g/mol. The van der Waals surface area contributed by atoms with E-state index in [1.54, 1.807) is 12.1 Å². The number of hydrogen-bond donors (Lipinski definition) is 3. The maximum atomic E-state index is 12.1. The topological polar surface area (TPSA) is 87.5 Å². The van der Waals surface area contributed by atoms with Gasteiger partial charge >= 0.3 is 0 Å². The van der Waals surface area contributed by atoms with Crippen molar-refractivity contribution >= 4 is 17.5 Å². The summed E-state index contributed by atoms with van der Waals surface area (Å²) in [5, 5.41) is 6.18. The molecule has 0 spiro atoms. The van der Waals surface area contributed by atoms with E-state index in [4.69, 9.17) is 5.73 Å². The molecule has 2 amide bonds. The number of hydrogen-bond acceptors (Lipinski definition) is 4. The zero-order valence-electron chi connectivity index (χ0n) is 12.1. The minimum Gasteiger partial charge on any atom is -0.369 e. The van der Waals surface area contributed by atoms with Crippen molar-refractivity contribution in [3.63, 3.8) is 0 Å². The number of para-hydroxylation sites is 1. The molecule has 21 heavy (non-hydrogen) atoms. The fourth-order valence-corrected chi connectivity index (χ4v) is 2.44. The van der Waals surface area contributed by atoms with E-state index < -0.39 is 5.91 Å². The van der Waals surface area contributed by atoms with Gasteiger partial charge in [-0.15, -0.1) is 0 Å². The van der Waals surface area contributed by atoms with Gasteiger partial charge in [0.2, 0.25) is 11.8 Å². The molecular weight excluding hydrogens is 268 g/mol. The lowest BCUT2D eigenvalue weighted by atomic mass is 10.1. The fourth-order valence-electron chi connectivity index (χ4n) is 2.44. The van der Waals surface area contributed by atoms with Crippen LogP contribution >= 0.6 is 0 Å². The van der Waals surface area contributed by atoms with Gasteiger partial charge in [0.15, 0.2) is 0 Å². The standard InChI is InChI=1S/C15H22N4O2/c16-14(20)10-12-4-1-2-5-13(12)18-15(21)11-19-8-3-6-17-7-9-19/h1-2,4-5,17H,3,6-11H2,(H2,16,20)(H,18,21). The van der Waals surface area contributed by atoms with E-state index in [0.717, 1.165) is 38.2 Å². The molecule has 0 atom stereocenters. The third-order valence-electron chi connectivity index (χ3n) is 3.46. The molecular formula is C15H22N4O2. The quantitative estimate of drug-likeness (QED) is 0.709. The molecule has 1 aliphatic rings. The van der Waals surface area contributed by atoms with Gasteiger partial charge in [-0.1, -0.05) is 18.2 Å². The van der Waals surface area contributed by atoms with Crippen LogP contribution in [0.3, 0.4) is 0 Å². The van der Waals surface area contributed by atoms with Gasteiger partial charge in [0, 0.05) is 18.8 Å². The summed E-state index contributed by atoms with van der Waals surface area (Å²) in [6, 6.07) is 7.25. The third-order valence-corrected chi connectivity index (χ3v) is 3.46. The van der Waals surface area contributed by atoms with Crippen LogP contribution in [-0.4, -0.2) is 49.4 Å². The molecule has 0 bridgehead atoms. The number of carbonyl (C=O) groups excluding carboxylic acids is 2. The van der Waals surface area contributed by atoms with E-state index in [1.165, 1.54) is 0 Å². The summed E-state index contributed by atoms with van der Waals surface area (Å²) in [5.74, 6) is -0.468. The number of nitrogens with zero attached hydrogens (tertiary/aromatic N) is 1. The Bertz CT molecular complexity index is 496. The summed E-state index contributed by atoms with van der Waals surface area (Å²) in [6.07, 6.45) is 1.18. The summed E-state index contributed by atoms with van der Waals surface area (Å²) >= 11 is 0. The average Bonchev–Trinajstić information content (AvgIpc) is 2.69. The van der Waals surface area contributed by atoms with Gasteiger partial charge in [-0.3, -0.25) is 14.5 Å². The van der Waals surface area contributed by atoms with Crippen LogP contribution in [0, 0.1) is 0 Å². The molecule has 4 N–H and O–H groups in total. The molecule has 1 aliphatic heterocycles. The lowest BCUT2D eigenvalue weighted by Gasteiger charge is -2.19. The number of amides is 2. The molecule has 0 aromatic heterocycles. The molecule has 114 valence electrons. The molecule has 0 saturated carbocycles. The predicted octanol–water partition coefficient (Wildman–Crippen LogP) is -0.0518. The first-order valence-corrected chi connectivity index (χ1v) is 7.24. The lowest BCUT2D eigenvalue weighted by molar-refractivity contribution is -0.118. The van der Waals surface area contributed by atoms with E-state index in [-0.39, 0.29) is 12.3 Å². The van der Waals surface area contributed by atoms with Crippen molar-refractivity contribution in [2.45, 2.75) is 12.8 Å². The summed E-state index contributed by atoms with van der Waals surface area (Å²) in [4.78, 5) is 25.3. The number of carbonyl (C=O) groups is 2. The molecule has 1 aromatic carbocycles. The Balaban J connectivity index is 1.94. The largest absolute Gasteiger partial charge is 0.369 e. The second kappa shape index (κ2) is 7.75. The van der Waals surface area contributed by atoms with Gasteiger partial charge in [0.05, 0.1) is 13.0 Å². The number of anilines is 1. The van der Waals surface area contributed by atoms with Gasteiger partial charge in [-0.2, -0.15) is 0 Å². The molecule has 2 rings (SSSR count). The van der Waals surface area contributed by atoms with Crippen molar-refractivity contribution in [2.24, 2.45) is 5.73 Å². The van der Waals surface area contributed by atoms with Gasteiger partial charge in [-0.05, 0) is 31.1 Å². The Morgan fingerprint density at radius 2 is 2.05 bits per heavy atom. The Morgan fingerprint density at radius 1 is 1.24 bits per heavy atom. The van der Waals surface area contributed by atoms with Crippen LogP contribution in [-0.2, 0) is 16.0 Å². The first kappa shape index (κ1) is 15.5. The van der Waals surface area contributed by atoms with Crippen molar-refractivity contribution in [1.29, 1.82) is 0 Å². The maximum Gasteiger partial charge on any atom is 0.238 e. The van der Waals surface area contributed by atoms with Crippen LogP contribution in [0.25, 0.3) is 0 Å². The van der Waals surface area contributed by atoms with Crippen LogP contribution in [0.2, 0.25) is 0 Å². The van der Waals surface area contributed by atoms with Crippen LogP contribution < -0.4 is 16.4 Å². The molecule has 6 nitrogen and oxygen atoms in total. The van der Waals surface area contributed by atoms with Crippen molar-refractivity contribution in [3.05, 3.63) is 29.8 Å². The van der Waals surface area contributed by atoms with Crippen molar-refractivity contribution < 1.29 is 9.59 Å². The Kier molecular flexibility index (Phi) is 5.71. The minimum absolute atomic E-state index is 0.0613. The minimum atomic E-state index is -0.407.